The van der Waals surface area contributed by atoms with E-state index >= 15 is 0 Å². The lowest BCUT2D eigenvalue weighted by molar-refractivity contribution is 0.346. The molecule has 6 nitrogen and oxygen atoms in total. The molecule has 0 fully saturated rings. The molecule has 0 saturated heterocycles. The molecule has 0 saturated carbocycles. The zero-order valence-corrected chi connectivity index (χ0v) is 13.6. The van der Waals surface area contributed by atoms with Crippen molar-refractivity contribution in [1.29, 1.82) is 0 Å². The number of benzene rings is 1. The Kier molecular flexibility index (Phi) is 4.12. The molecule has 0 atom stereocenters. The van der Waals surface area contributed by atoms with Gasteiger partial charge in [-0.15, -0.1) is 0 Å². The Hall–Kier alpha value is -1.57. The molecule has 1 aliphatic rings. The van der Waals surface area contributed by atoms with Crippen LogP contribution < -0.4 is 4.74 Å². The van der Waals surface area contributed by atoms with E-state index in [-0.39, 0.29) is 4.90 Å². The van der Waals surface area contributed by atoms with Crippen LogP contribution in [-0.2, 0) is 23.0 Å². The van der Waals surface area contributed by atoms with Crippen molar-refractivity contribution in [1.82, 2.24) is 14.1 Å². The van der Waals surface area contributed by atoms with Gasteiger partial charge in [-0.25, -0.2) is 8.42 Å². The molecule has 3 rings (SSSR count). The highest BCUT2D eigenvalue weighted by molar-refractivity contribution is 7.89. The van der Waals surface area contributed by atoms with Crippen LogP contribution in [0, 0.1) is 0 Å². The van der Waals surface area contributed by atoms with E-state index in [9.17, 15) is 8.42 Å². The van der Waals surface area contributed by atoms with Crippen molar-refractivity contribution >= 4 is 21.6 Å². The second-order valence-corrected chi connectivity index (χ2v) is 7.54. The van der Waals surface area contributed by atoms with Gasteiger partial charge >= 0.3 is 0 Å². The monoisotopic (exact) mass is 341 g/mol. The minimum absolute atomic E-state index is 0.135. The van der Waals surface area contributed by atoms with Crippen molar-refractivity contribution in [2.45, 2.75) is 17.9 Å². The number of aromatic nitrogens is 2. The predicted octanol–water partition coefficient (Wildman–Crippen LogP) is 1.79. The van der Waals surface area contributed by atoms with E-state index in [0.29, 0.717) is 36.9 Å². The molecule has 1 aromatic heterocycles. The van der Waals surface area contributed by atoms with Crippen LogP contribution in [0.4, 0.5) is 0 Å². The SMILES string of the molecule is CN(CCn1cccn1)S(=O)(=O)c1cc(Cl)cc2c1OCC2. The first-order valence-electron chi connectivity index (χ1n) is 6.87. The standard InChI is InChI=1S/C14H16ClN3O3S/c1-17(6-7-18-5-2-4-16-18)22(19,20)13-10-12(15)9-11-3-8-21-14(11)13/h2,4-5,9-10H,3,6-8H2,1H3. The second-order valence-electron chi connectivity index (χ2n) is 5.09. The third kappa shape index (κ3) is 2.84. The summed E-state index contributed by atoms with van der Waals surface area (Å²) >= 11 is 6.04. The van der Waals surface area contributed by atoms with Gasteiger partial charge in [-0.3, -0.25) is 4.68 Å². The number of nitrogens with zero attached hydrogens (tertiary/aromatic N) is 3. The summed E-state index contributed by atoms with van der Waals surface area (Å²) in [4.78, 5) is 0.135. The van der Waals surface area contributed by atoms with Crippen LogP contribution in [0.25, 0.3) is 0 Å². The molecule has 118 valence electrons. The Bertz CT molecular complexity index is 775. The van der Waals surface area contributed by atoms with Crippen LogP contribution in [0.2, 0.25) is 5.02 Å². The molecule has 8 heteroatoms. The normalized spacial score (nSPS) is 14.1. The van der Waals surface area contributed by atoms with E-state index in [0.717, 1.165) is 5.56 Å². The lowest BCUT2D eigenvalue weighted by Gasteiger charge is -2.19. The van der Waals surface area contributed by atoms with Crippen molar-refractivity contribution in [2.24, 2.45) is 0 Å². The summed E-state index contributed by atoms with van der Waals surface area (Å²) in [5.41, 5.74) is 0.839. The number of ether oxygens (including phenoxy) is 1. The fourth-order valence-electron chi connectivity index (χ4n) is 2.39. The van der Waals surface area contributed by atoms with Crippen molar-refractivity contribution in [3.8, 4) is 5.75 Å². The maximum atomic E-state index is 12.8. The number of sulfonamides is 1. The van der Waals surface area contributed by atoms with E-state index in [1.165, 1.54) is 10.4 Å². The summed E-state index contributed by atoms with van der Waals surface area (Å²) < 4.78 is 34.0. The molecule has 22 heavy (non-hydrogen) atoms. The lowest BCUT2D eigenvalue weighted by Crippen LogP contribution is -2.30. The van der Waals surface area contributed by atoms with E-state index in [1.54, 1.807) is 36.3 Å². The average Bonchev–Trinajstić information content (AvgIpc) is 3.14. The Morgan fingerprint density at radius 1 is 1.45 bits per heavy atom. The third-order valence-corrected chi connectivity index (χ3v) is 5.69. The molecule has 0 spiro atoms. The fraction of sp³-hybridized carbons (Fsp3) is 0.357. The first-order chi connectivity index (χ1) is 10.5. The van der Waals surface area contributed by atoms with Gasteiger partial charge in [0.2, 0.25) is 10.0 Å². The Labute approximate surface area is 134 Å². The molecule has 0 amide bonds. The van der Waals surface area contributed by atoms with E-state index in [2.05, 4.69) is 5.10 Å². The van der Waals surface area contributed by atoms with Gasteiger partial charge in [0.05, 0.1) is 13.2 Å². The maximum Gasteiger partial charge on any atom is 0.246 e. The summed E-state index contributed by atoms with van der Waals surface area (Å²) in [6.45, 7) is 1.27. The van der Waals surface area contributed by atoms with Crippen LogP contribution in [0.1, 0.15) is 5.56 Å². The van der Waals surface area contributed by atoms with Gasteiger partial charge in [0, 0.05) is 43.0 Å². The van der Waals surface area contributed by atoms with Gasteiger partial charge in [0.15, 0.2) is 0 Å². The Morgan fingerprint density at radius 3 is 3.00 bits per heavy atom. The van der Waals surface area contributed by atoms with Gasteiger partial charge < -0.3 is 4.74 Å². The van der Waals surface area contributed by atoms with Gasteiger partial charge in [-0.2, -0.15) is 9.40 Å². The highest BCUT2D eigenvalue weighted by atomic mass is 35.5. The molecule has 2 aromatic rings. The van der Waals surface area contributed by atoms with Crippen molar-refractivity contribution in [3.05, 3.63) is 41.2 Å². The summed E-state index contributed by atoms with van der Waals surface area (Å²) in [7, 11) is -2.11. The quantitative estimate of drug-likeness (QED) is 0.831. The first kappa shape index (κ1) is 15.3. The van der Waals surface area contributed by atoms with E-state index in [1.807, 2.05) is 0 Å². The Morgan fingerprint density at radius 2 is 2.27 bits per heavy atom. The van der Waals surface area contributed by atoms with Crippen LogP contribution in [0.15, 0.2) is 35.5 Å². The first-order valence-corrected chi connectivity index (χ1v) is 8.69. The number of likely N-dealkylation sites (N-methyl/N-ethyl adjacent to an activating group) is 1. The van der Waals surface area contributed by atoms with E-state index < -0.39 is 10.0 Å². The topological polar surface area (TPSA) is 64.4 Å². The largest absolute Gasteiger partial charge is 0.492 e. The molecule has 0 aliphatic carbocycles. The zero-order chi connectivity index (χ0) is 15.7. The van der Waals surface area contributed by atoms with Crippen molar-refractivity contribution in [2.75, 3.05) is 20.2 Å². The molecular weight excluding hydrogens is 326 g/mol. The molecule has 0 unspecified atom stereocenters. The minimum Gasteiger partial charge on any atom is -0.492 e. The number of fused-ring (bicyclic) bond motifs is 1. The zero-order valence-electron chi connectivity index (χ0n) is 12.1. The Balaban J connectivity index is 1.86. The van der Waals surface area contributed by atoms with Crippen LogP contribution in [-0.4, -0.2) is 42.7 Å². The highest BCUT2D eigenvalue weighted by Gasteiger charge is 2.29. The number of hydrogen-bond acceptors (Lipinski definition) is 4. The third-order valence-electron chi connectivity index (χ3n) is 3.61. The van der Waals surface area contributed by atoms with Gasteiger partial charge in [-0.1, -0.05) is 11.6 Å². The molecule has 2 heterocycles. The van der Waals surface area contributed by atoms with Gasteiger partial charge in [0.25, 0.3) is 0 Å². The molecule has 1 aliphatic heterocycles. The summed E-state index contributed by atoms with van der Waals surface area (Å²) in [5.74, 6) is 0.426. The highest BCUT2D eigenvalue weighted by Crippen LogP contribution is 2.36. The minimum atomic E-state index is -3.66. The van der Waals surface area contributed by atoms with Crippen LogP contribution >= 0.6 is 11.6 Å². The smallest absolute Gasteiger partial charge is 0.246 e. The summed E-state index contributed by atoms with van der Waals surface area (Å²) in [5, 5.41) is 4.47. The molecule has 1 aromatic carbocycles. The van der Waals surface area contributed by atoms with Crippen molar-refractivity contribution in [3.63, 3.8) is 0 Å². The number of rotatable bonds is 5. The fourth-order valence-corrected chi connectivity index (χ4v) is 4.05. The summed E-state index contributed by atoms with van der Waals surface area (Å²) in [6.07, 6.45) is 4.13. The lowest BCUT2D eigenvalue weighted by atomic mass is 10.2. The number of hydrogen-bond donors (Lipinski definition) is 0. The van der Waals surface area contributed by atoms with Gasteiger partial charge in [0.1, 0.15) is 10.6 Å². The summed E-state index contributed by atoms with van der Waals surface area (Å²) in [6, 6.07) is 5.00. The van der Waals surface area contributed by atoms with E-state index in [4.69, 9.17) is 16.3 Å². The molecular formula is C14H16ClN3O3S. The van der Waals surface area contributed by atoms with Crippen molar-refractivity contribution < 1.29 is 13.2 Å². The second kappa shape index (κ2) is 5.91. The maximum absolute atomic E-state index is 12.8. The van der Waals surface area contributed by atoms with Crippen LogP contribution in [0.3, 0.4) is 0 Å². The molecule has 0 N–H and O–H groups in total. The number of halogens is 1. The van der Waals surface area contributed by atoms with Crippen LogP contribution in [0.5, 0.6) is 5.75 Å². The molecule has 0 radical (unpaired) electrons. The molecule has 0 bridgehead atoms. The average molecular weight is 342 g/mol. The predicted molar refractivity (Wildman–Crippen MR) is 82.7 cm³/mol. The van der Waals surface area contributed by atoms with Gasteiger partial charge in [-0.05, 0) is 18.2 Å².